The van der Waals surface area contributed by atoms with Crippen molar-refractivity contribution in [2.24, 2.45) is 0 Å². The van der Waals surface area contributed by atoms with Gasteiger partial charge in [-0.05, 0) is 32.9 Å². The predicted molar refractivity (Wildman–Crippen MR) is 70.4 cm³/mol. The average Bonchev–Trinajstić information content (AvgIpc) is 3.00. The Bertz CT molecular complexity index is 174. The van der Waals surface area contributed by atoms with Crippen molar-refractivity contribution in [2.45, 2.75) is 38.9 Å². The zero-order valence-corrected chi connectivity index (χ0v) is 11.6. The Morgan fingerprint density at radius 3 is 2.47 bits per heavy atom. The third kappa shape index (κ3) is 5.82. The second-order valence-corrected chi connectivity index (χ2v) is 4.61. The molecule has 2 fully saturated rings. The lowest BCUT2D eigenvalue weighted by Crippen LogP contribution is -2.22. The molecule has 2 heterocycles. The van der Waals surface area contributed by atoms with E-state index in [1.165, 1.54) is 25.9 Å². The SMILES string of the molecule is CCN1CCC(OC)C1.CCOC1CCNC1. The summed E-state index contributed by atoms with van der Waals surface area (Å²) >= 11 is 0. The molecule has 4 nitrogen and oxygen atoms in total. The molecule has 0 radical (unpaired) electrons. The van der Waals surface area contributed by atoms with Crippen LogP contribution in [0.3, 0.4) is 0 Å². The minimum absolute atomic E-state index is 0.500. The van der Waals surface area contributed by atoms with Crippen LogP contribution in [0.1, 0.15) is 26.7 Å². The lowest BCUT2D eigenvalue weighted by Gasteiger charge is -2.11. The van der Waals surface area contributed by atoms with E-state index in [4.69, 9.17) is 9.47 Å². The van der Waals surface area contributed by atoms with E-state index in [2.05, 4.69) is 17.1 Å². The van der Waals surface area contributed by atoms with Gasteiger partial charge in [-0.2, -0.15) is 0 Å². The molecule has 0 aromatic carbocycles. The summed E-state index contributed by atoms with van der Waals surface area (Å²) in [7, 11) is 1.80. The molecule has 2 aliphatic rings. The van der Waals surface area contributed by atoms with Crippen LogP contribution in [0.2, 0.25) is 0 Å². The molecular formula is C13H28N2O2. The van der Waals surface area contributed by atoms with Crippen molar-refractivity contribution in [1.29, 1.82) is 0 Å². The number of ether oxygens (including phenoxy) is 2. The first-order valence-electron chi connectivity index (χ1n) is 6.87. The van der Waals surface area contributed by atoms with Gasteiger partial charge in [-0.3, -0.25) is 0 Å². The van der Waals surface area contributed by atoms with Gasteiger partial charge in [0, 0.05) is 33.4 Å². The lowest BCUT2D eigenvalue weighted by atomic mass is 10.3. The molecule has 1 N–H and O–H groups in total. The van der Waals surface area contributed by atoms with E-state index >= 15 is 0 Å². The third-order valence-electron chi connectivity index (χ3n) is 3.43. The van der Waals surface area contributed by atoms with E-state index in [0.717, 1.165) is 26.2 Å². The molecule has 0 aromatic rings. The Kier molecular flexibility index (Phi) is 7.77. The number of hydrogen-bond acceptors (Lipinski definition) is 4. The first kappa shape index (κ1) is 14.9. The fourth-order valence-corrected chi connectivity index (χ4v) is 2.28. The van der Waals surface area contributed by atoms with Crippen LogP contribution in [0.4, 0.5) is 0 Å². The highest BCUT2D eigenvalue weighted by atomic mass is 16.5. The van der Waals surface area contributed by atoms with Crippen molar-refractivity contribution in [3.05, 3.63) is 0 Å². The maximum absolute atomic E-state index is 5.34. The topological polar surface area (TPSA) is 33.7 Å². The minimum atomic E-state index is 0.500. The van der Waals surface area contributed by atoms with Crippen LogP contribution in [0.5, 0.6) is 0 Å². The fourth-order valence-electron chi connectivity index (χ4n) is 2.28. The molecule has 0 aromatic heterocycles. The zero-order valence-electron chi connectivity index (χ0n) is 11.6. The summed E-state index contributed by atoms with van der Waals surface area (Å²) in [6.07, 6.45) is 3.41. The van der Waals surface area contributed by atoms with Crippen molar-refractivity contribution in [2.75, 3.05) is 46.4 Å². The number of hydrogen-bond donors (Lipinski definition) is 1. The first-order chi connectivity index (χ1) is 8.30. The quantitative estimate of drug-likeness (QED) is 0.803. The van der Waals surface area contributed by atoms with Gasteiger partial charge in [0.05, 0.1) is 12.2 Å². The Morgan fingerprint density at radius 2 is 2.06 bits per heavy atom. The zero-order chi connectivity index (χ0) is 12.5. The van der Waals surface area contributed by atoms with Crippen LogP contribution in [0, 0.1) is 0 Å². The number of rotatable bonds is 4. The highest BCUT2D eigenvalue weighted by Crippen LogP contribution is 2.10. The van der Waals surface area contributed by atoms with Gasteiger partial charge >= 0.3 is 0 Å². The van der Waals surface area contributed by atoms with Gasteiger partial charge in [0.2, 0.25) is 0 Å². The molecule has 0 amide bonds. The van der Waals surface area contributed by atoms with E-state index in [1.54, 1.807) is 7.11 Å². The molecule has 4 heteroatoms. The molecule has 2 saturated heterocycles. The molecule has 0 saturated carbocycles. The highest BCUT2D eigenvalue weighted by molar-refractivity contribution is 4.74. The number of likely N-dealkylation sites (N-methyl/N-ethyl adjacent to an activating group) is 1. The smallest absolute Gasteiger partial charge is 0.0711 e. The second-order valence-electron chi connectivity index (χ2n) is 4.61. The number of likely N-dealkylation sites (tertiary alicyclic amines) is 1. The Hall–Kier alpha value is -0.160. The van der Waals surface area contributed by atoms with Gasteiger partial charge in [0.1, 0.15) is 0 Å². The summed E-state index contributed by atoms with van der Waals surface area (Å²) < 4.78 is 10.5. The second kappa shape index (κ2) is 8.86. The fraction of sp³-hybridized carbons (Fsp3) is 1.00. The lowest BCUT2D eigenvalue weighted by molar-refractivity contribution is 0.0775. The Labute approximate surface area is 106 Å². The standard InChI is InChI=1S/C7H15NO.C6H13NO/c1-3-8-5-4-7(6-8)9-2;1-2-8-6-3-4-7-5-6/h7H,3-6H2,1-2H3;6-7H,2-5H2,1H3. The molecule has 0 spiro atoms. The van der Waals surface area contributed by atoms with Crippen LogP contribution in [0.15, 0.2) is 0 Å². The van der Waals surface area contributed by atoms with E-state index in [-0.39, 0.29) is 0 Å². The van der Waals surface area contributed by atoms with Gasteiger partial charge < -0.3 is 19.7 Å². The van der Waals surface area contributed by atoms with E-state index < -0.39 is 0 Å². The minimum Gasteiger partial charge on any atom is -0.380 e. The van der Waals surface area contributed by atoms with E-state index in [0.29, 0.717) is 12.2 Å². The summed E-state index contributed by atoms with van der Waals surface area (Å²) in [6, 6.07) is 0. The third-order valence-corrected chi connectivity index (χ3v) is 3.43. The normalized spacial score (nSPS) is 29.1. The van der Waals surface area contributed by atoms with Gasteiger partial charge in [0.25, 0.3) is 0 Å². The largest absolute Gasteiger partial charge is 0.380 e. The van der Waals surface area contributed by atoms with Crippen LogP contribution >= 0.6 is 0 Å². The number of nitrogens with one attached hydrogen (secondary N) is 1. The molecule has 0 aliphatic carbocycles. The number of methoxy groups -OCH3 is 1. The molecule has 17 heavy (non-hydrogen) atoms. The monoisotopic (exact) mass is 244 g/mol. The summed E-state index contributed by atoms with van der Waals surface area (Å²) in [6.45, 7) is 10.8. The van der Waals surface area contributed by atoms with Crippen molar-refractivity contribution < 1.29 is 9.47 Å². The van der Waals surface area contributed by atoms with E-state index in [9.17, 15) is 0 Å². The molecule has 2 unspecified atom stereocenters. The number of nitrogens with zero attached hydrogens (tertiary/aromatic N) is 1. The summed E-state index contributed by atoms with van der Waals surface area (Å²) in [4.78, 5) is 2.41. The van der Waals surface area contributed by atoms with Crippen LogP contribution in [0.25, 0.3) is 0 Å². The molecule has 2 atom stereocenters. The molecule has 2 aliphatic heterocycles. The Balaban J connectivity index is 0.000000171. The predicted octanol–water partition coefficient (Wildman–Crippen LogP) is 1.11. The van der Waals surface area contributed by atoms with Crippen LogP contribution in [-0.4, -0.2) is 63.5 Å². The van der Waals surface area contributed by atoms with Crippen LogP contribution in [-0.2, 0) is 9.47 Å². The van der Waals surface area contributed by atoms with Gasteiger partial charge in [-0.1, -0.05) is 6.92 Å². The van der Waals surface area contributed by atoms with Gasteiger partial charge in [0.15, 0.2) is 0 Å². The average molecular weight is 244 g/mol. The molecule has 102 valence electrons. The first-order valence-corrected chi connectivity index (χ1v) is 6.87. The van der Waals surface area contributed by atoms with Crippen LogP contribution < -0.4 is 5.32 Å². The van der Waals surface area contributed by atoms with Crippen molar-refractivity contribution in [3.63, 3.8) is 0 Å². The maximum atomic E-state index is 5.34. The van der Waals surface area contributed by atoms with Crippen molar-refractivity contribution in [1.82, 2.24) is 10.2 Å². The van der Waals surface area contributed by atoms with E-state index in [1.807, 2.05) is 6.92 Å². The van der Waals surface area contributed by atoms with Crippen molar-refractivity contribution in [3.8, 4) is 0 Å². The molecular weight excluding hydrogens is 216 g/mol. The van der Waals surface area contributed by atoms with Gasteiger partial charge in [-0.25, -0.2) is 0 Å². The highest BCUT2D eigenvalue weighted by Gasteiger charge is 2.19. The summed E-state index contributed by atoms with van der Waals surface area (Å²) in [5, 5.41) is 3.23. The molecule has 0 bridgehead atoms. The maximum Gasteiger partial charge on any atom is 0.0711 e. The molecule has 2 rings (SSSR count). The van der Waals surface area contributed by atoms with Crippen molar-refractivity contribution >= 4 is 0 Å². The summed E-state index contributed by atoms with van der Waals surface area (Å²) in [5.74, 6) is 0. The van der Waals surface area contributed by atoms with Gasteiger partial charge in [-0.15, -0.1) is 0 Å². The summed E-state index contributed by atoms with van der Waals surface area (Å²) in [5.41, 5.74) is 0. The Morgan fingerprint density at radius 1 is 1.24 bits per heavy atom.